The molecule has 174 valence electrons. The Morgan fingerprint density at radius 2 is 1.91 bits per heavy atom. The third kappa shape index (κ3) is 3.67. The van der Waals surface area contributed by atoms with Crippen LogP contribution in [0.5, 0.6) is 0 Å². The summed E-state index contributed by atoms with van der Waals surface area (Å²) < 4.78 is 65.8. The van der Waals surface area contributed by atoms with Gasteiger partial charge < -0.3 is 5.73 Å². The van der Waals surface area contributed by atoms with Gasteiger partial charge in [0.1, 0.15) is 4.90 Å². The van der Waals surface area contributed by atoms with Gasteiger partial charge in [-0.25, -0.2) is 13.4 Å². The molecular formula is C21H19F3N4O4S. The van der Waals surface area contributed by atoms with Crippen molar-refractivity contribution in [2.24, 2.45) is 5.73 Å². The molecule has 0 unspecified atom stereocenters. The topological polar surface area (TPSA) is 125 Å². The van der Waals surface area contributed by atoms with Crippen LogP contribution in [0.25, 0.3) is 16.6 Å². The predicted octanol–water partition coefficient (Wildman–Crippen LogP) is 2.50. The van der Waals surface area contributed by atoms with E-state index in [1.54, 1.807) is 0 Å². The summed E-state index contributed by atoms with van der Waals surface area (Å²) in [7, 11) is -3.97. The molecule has 0 atom stereocenters. The van der Waals surface area contributed by atoms with Crippen LogP contribution < -0.4 is 11.3 Å². The molecule has 1 aliphatic rings. The molecule has 0 aliphatic heterocycles. The highest BCUT2D eigenvalue weighted by atomic mass is 32.2. The number of carbonyl (C=O) groups is 1. The van der Waals surface area contributed by atoms with Crippen molar-refractivity contribution in [1.82, 2.24) is 14.8 Å². The zero-order valence-electron chi connectivity index (χ0n) is 17.4. The van der Waals surface area contributed by atoms with Gasteiger partial charge in [0.2, 0.25) is 5.91 Å². The molecule has 33 heavy (non-hydrogen) atoms. The van der Waals surface area contributed by atoms with Crippen molar-refractivity contribution < 1.29 is 26.4 Å². The number of hydrogen-bond donors (Lipinski definition) is 1. The van der Waals surface area contributed by atoms with Crippen molar-refractivity contribution in [2.75, 3.05) is 5.75 Å². The molecule has 12 heteroatoms. The van der Waals surface area contributed by atoms with E-state index in [0.717, 1.165) is 24.8 Å². The number of sulfone groups is 1. The first kappa shape index (κ1) is 22.9. The summed E-state index contributed by atoms with van der Waals surface area (Å²) in [6.07, 6.45) is -0.651. The molecule has 2 heterocycles. The summed E-state index contributed by atoms with van der Waals surface area (Å²) in [6, 6.07) is 3.89. The van der Waals surface area contributed by atoms with Crippen molar-refractivity contribution in [2.45, 2.75) is 42.7 Å². The number of fused-ring (bicyclic) bond motifs is 1. The number of amides is 1. The molecule has 1 fully saturated rings. The number of pyridine rings is 1. The summed E-state index contributed by atoms with van der Waals surface area (Å²) in [5.41, 5.74) is 2.84. The van der Waals surface area contributed by atoms with E-state index in [1.165, 1.54) is 19.2 Å². The van der Waals surface area contributed by atoms with E-state index in [9.17, 15) is 31.2 Å². The minimum Gasteiger partial charge on any atom is -0.369 e. The number of halogens is 3. The Balaban J connectivity index is 1.98. The molecule has 1 amide bonds. The molecule has 3 aromatic rings. The molecule has 0 spiro atoms. The van der Waals surface area contributed by atoms with Crippen molar-refractivity contribution in [3.63, 3.8) is 0 Å². The van der Waals surface area contributed by atoms with E-state index >= 15 is 0 Å². The van der Waals surface area contributed by atoms with E-state index in [4.69, 9.17) is 5.73 Å². The fourth-order valence-electron chi connectivity index (χ4n) is 3.92. The fourth-order valence-corrected chi connectivity index (χ4v) is 4.95. The molecule has 0 saturated heterocycles. The van der Waals surface area contributed by atoms with Crippen LogP contribution >= 0.6 is 0 Å². The third-order valence-corrected chi connectivity index (χ3v) is 7.83. The number of alkyl halides is 3. The van der Waals surface area contributed by atoms with E-state index < -0.39 is 38.5 Å². The number of nitrogens with zero attached hydrogens (tertiary/aromatic N) is 3. The van der Waals surface area contributed by atoms with Crippen molar-refractivity contribution in [3.8, 4) is 5.82 Å². The van der Waals surface area contributed by atoms with Crippen molar-refractivity contribution in [1.29, 1.82) is 0 Å². The molecule has 2 aromatic heterocycles. The van der Waals surface area contributed by atoms with E-state index in [2.05, 4.69) is 10.1 Å². The lowest BCUT2D eigenvalue weighted by molar-refractivity contribution is -0.137. The lowest BCUT2D eigenvalue weighted by Crippen LogP contribution is -2.47. The van der Waals surface area contributed by atoms with Gasteiger partial charge in [-0.2, -0.15) is 23.0 Å². The van der Waals surface area contributed by atoms with Crippen LogP contribution in [0, 0.1) is 0 Å². The zero-order valence-corrected chi connectivity index (χ0v) is 18.2. The van der Waals surface area contributed by atoms with Gasteiger partial charge in [0, 0.05) is 11.6 Å². The van der Waals surface area contributed by atoms with Gasteiger partial charge in [-0.3, -0.25) is 9.59 Å². The average Bonchev–Trinajstić information content (AvgIpc) is 2.72. The maximum atomic E-state index is 13.1. The number of aromatic nitrogens is 3. The molecule has 2 N–H and O–H groups in total. The second kappa shape index (κ2) is 7.65. The predicted molar refractivity (Wildman–Crippen MR) is 113 cm³/mol. The number of nitrogens with two attached hydrogens (primary N) is 1. The Morgan fingerprint density at radius 1 is 1.21 bits per heavy atom. The Kier molecular flexibility index (Phi) is 5.31. The maximum absolute atomic E-state index is 13.1. The molecular weight excluding hydrogens is 461 g/mol. The standard InChI is InChI=1S/C21H19F3N4O4S/c1-2-33(31,32)16-9-14(20(19(25)30)6-3-7-20)11-26-17(16)28-18(29)15-8-13(21(22,23)24)5-4-12(15)10-27-28/h4-5,8-11H,2-3,6-7H2,1H3,(H2,25,30). The maximum Gasteiger partial charge on any atom is 0.416 e. The highest BCUT2D eigenvalue weighted by Crippen LogP contribution is 2.44. The Morgan fingerprint density at radius 3 is 2.45 bits per heavy atom. The lowest BCUT2D eigenvalue weighted by Gasteiger charge is -2.39. The number of benzene rings is 1. The number of rotatable bonds is 5. The summed E-state index contributed by atoms with van der Waals surface area (Å²) in [6.45, 7) is 1.39. The second-order valence-corrected chi connectivity index (χ2v) is 10.2. The molecule has 1 aliphatic carbocycles. The minimum atomic E-state index is -4.67. The van der Waals surface area contributed by atoms with Gasteiger partial charge in [-0.1, -0.05) is 19.4 Å². The lowest BCUT2D eigenvalue weighted by atomic mass is 9.64. The largest absolute Gasteiger partial charge is 0.416 e. The van der Waals surface area contributed by atoms with Crippen molar-refractivity contribution in [3.05, 3.63) is 58.1 Å². The molecule has 1 aromatic carbocycles. The van der Waals surface area contributed by atoms with Gasteiger partial charge in [0.05, 0.1) is 28.3 Å². The summed E-state index contributed by atoms with van der Waals surface area (Å²) in [4.78, 5) is 28.9. The quantitative estimate of drug-likeness (QED) is 0.598. The van der Waals surface area contributed by atoms with Gasteiger partial charge in [-0.05, 0) is 36.6 Å². The van der Waals surface area contributed by atoms with Gasteiger partial charge in [0.15, 0.2) is 15.7 Å². The zero-order chi connectivity index (χ0) is 24.2. The smallest absolute Gasteiger partial charge is 0.369 e. The first-order chi connectivity index (χ1) is 15.4. The van der Waals surface area contributed by atoms with E-state index in [1.807, 2.05) is 0 Å². The third-order valence-electron chi connectivity index (χ3n) is 6.10. The van der Waals surface area contributed by atoms with Crippen LogP contribution in [0.4, 0.5) is 13.2 Å². The van der Waals surface area contributed by atoms with E-state index in [0.29, 0.717) is 29.2 Å². The van der Waals surface area contributed by atoms with Crippen LogP contribution in [0.2, 0.25) is 0 Å². The molecule has 0 radical (unpaired) electrons. The second-order valence-electron chi connectivity index (χ2n) is 7.91. The van der Waals surface area contributed by atoms with Crippen LogP contribution in [-0.2, 0) is 26.2 Å². The van der Waals surface area contributed by atoms with Crippen LogP contribution in [0.15, 0.2) is 46.3 Å². The van der Waals surface area contributed by atoms with Gasteiger partial charge in [0.25, 0.3) is 5.56 Å². The molecule has 8 nitrogen and oxygen atoms in total. The van der Waals surface area contributed by atoms with E-state index in [-0.39, 0.29) is 27.2 Å². The van der Waals surface area contributed by atoms with Gasteiger partial charge in [-0.15, -0.1) is 0 Å². The SMILES string of the molecule is CCS(=O)(=O)c1cc(C2(C(N)=O)CCC2)cnc1-n1ncc2ccc(C(F)(F)F)cc2c1=O. The molecule has 4 rings (SSSR count). The Bertz CT molecular complexity index is 1440. The highest BCUT2D eigenvalue weighted by molar-refractivity contribution is 7.91. The van der Waals surface area contributed by atoms with Crippen LogP contribution in [0.1, 0.15) is 37.3 Å². The van der Waals surface area contributed by atoms with Crippen molar-refractivity contribution >= 4 is 26.5 Å². The first-order valence-corrected chi connectivity index (χ1v) is 11.7. The Labute approximate surface area is 186 Å². The van der Waals surface area contributed by atoms with Crippen LogP contribution in [-0.4, -0.2) is 34.8 Å². The highest BCUT2D eigenvalue weighted by Gasteiger charge is 2.45. The monoisotopic (exact) mass is 480 g/mol. The normalized spacial score (nSPS) is 15.9. The first-order valence-electron chi connectivity index (χ1n) is 10.0. The molecule has 1 saturated carbocycles. The Hall–Kier alpha value is -3.28. The van der Waals surface area contributed by atoms with Gasteiger partial charge >= 0.3 is 6.18 Å². The number of primary amides is 1. The fraction of sp³-hybridized carbons (Fsp3) is 0.333. The summed E-state index contributed by atoms with van der Waals surface area (Å²) in [5.74, 6) is -1.30. The molecule has 0 bridgehead atoms. The summed E-state index contributed by atoms with van der Waals surface area (Å²) in [5, 5.41) is 3.80. The average molecular weight is 480 g/mol. The summed E-state index contributed by atoms with van der Waals surface area (Å²) >= 11 is 0. The number of carbonyl (C=O) groups excluding carboxylic acids is 1. The van der Waals surface area contributed by atoms with Crippen LogP contribution in [0.3, 0.4) is 0 Å². The minimum absolute atomic E-state index is 0.155. The number of hydrogen-bond acceptors (Lipinski definition) is 6.